The molecule has 4 rings (SSSR count). The van der Waals surface area contributed by atoms with Crippen molar-refractivity contribution in [1.29, 1.82) is 0 Å². The average Bonchev–Trinajstić information content (AvgIpc) is 3.18. The lowest BCUT2D eigenvalue weighted by Gasteiger charge is -2.66. The van der Waals surface area contributed by atoms with E-state index in [1.165, 1.54) is 57.8 Å². The molecule has 0 aliphatic heterocycles. The van der Waals surface area contributed by atoms with E-state index < -0.39 is 0 Å². The van der Waals surface area contributed by atoms with E-state index in [2.05, 4.69) is 80.3 Å². The molecule has 214 valence electrons. The molecular formula is C33H56Br2O2. The van der Waals surface area contributed by atoms with Crippen LogP contribution in [0.3, 0.4) is 0 Å². The highest BCUT2D eigenvalue weighted by Gasteiger charge is 2.67. The number of esters is 1. The predicted molar refractivity (Wildman–Crippen MR) is 163 cm³/mol. The Morgan fingerprint density at radius 1 is 1.00 bits per heavy atom. The van der Waals surface area contributed by atoms with Crippen molar-refractivity contribution < 1.29 is 9.53 Å². The van der Waals surface area contributed by atoms with Crippen molar-refractivity contribution in [2.45, 2.75) is 147 Å². The van der Waals surface area contributed by atoms with Crippen molar-refractivity contribution in [3.8, 4) is 0 Å². The summed E-state index contributed by atoms with van der Waals surface area (Å²) in [6.07, 6.45) is 15.9. The molecule has 0 unspecified atom stereocenters. The second-order valence-electron chi connectivity index (χ2n) is 15.0. The molecule has 0 aromatic heterocycles. The number of hydrogen-bond acceptors (Lipinski definition) is 2. The van der Waals surface area contributed by atoms with E-state index in [1.54, 1.807) is 0 Å². The van der Waals surface area contributed by atoms with Crippen LogP contribution in [0.4, 0.5) is 0 Å². The molecule has 4 heteroatoms. The summed E-state index contributed by atoms with van der Waals surface area (Å²) in [5, 5.41) is 0. The van der Waals surface area contributed by atoms with Gasteiger partial charge in [0.25, 0.3) is 0 Å². The van der Waals surface area contributed by atoms with Crippen molar-refractivity contribution in [3.63, 3.8) is 0 Å². The van der Waals surface area contributed by atoms with Crippen LogP contribution in [0, 0.1) is 52.3 Å². The first-order valence-electron chi connectivity index (χ1n) is 15.9. The molecule has 2 nitrogen and oxygen atoms in total. The zero-order valence-corrected chi connectivity index (χ0v) is 28.1. The van der Waals surface area contributed by atoms with Gasteiger partial charge < -0.3 is 4.74 Å². The molecule has 11 atom stereocenters. The van der Waals surface area contributed by atoms with Crippen LogP contribution in [-0.4, -0.2) is 21.2 Å². The van der Waals surface area contributed by atoms with E-state index in [-0.39, 0.29) is 21.8 Å². The summed E-state index contributed by atoms with van der Waals surface area (Å²) in [5.74, 6) is 5.50. The minimum absolute atomic E-state index is 0.00630. The highest BCUT2D eigenvalue weighted by molar-refractivity contribution is 9.12. The van der Waals surface area contributed by atoms with E-state index in [4.69, 9.17) is 4.74 Å². The zero-order valence-electron chi connectivity index (χ0n) is 25.0. The van der Waals surface area contributed by atoms with Gasteiger partial charge in [-0.2, -0.15) is 0 Å². The van der Waals surface area contributed by atoms with Gasteiger partial charge in [-0.1, -0.05) is 106 Å². The predicted octanol–water partition coefficient (Wildman–Crippen LogP) is 10.3. The van der Waals surface area contributed by atoms with Crippen LogP contribution < -0.4 is 0 Å². The van der Waals surface area contributed by atoms with Crippen LogP contribution in [0.25, 0.3) is 0 Å². The fourth-order valence-electron chi connectivity index (χ4n) is 9.94. The Bertz CT molecular complexity index is 799. The fourth-order valence-corrected chi connectivity index (χ4v) is 12.1. The van der Waals surface area contributed by atoms with Gasteiger partial charge in [0.05, 0.1) is 0 Å². The number of halogens is 2. The van der Waals surface area contributed by atoms with E-state index in [0.717, 1.165) is 54.8 Å². The first-order chi connectivity index (χ1) is 17.4. The van der Waals surface area contributed by atoms with E-state index >= 15 is 0 Å². The van der Waals surface area contributed by atoms with Gasteiger partial charge in [-0.25, -0.2) is 0 Å². The highest BCUT2D eigenvalue weighted by Crippen LogP contribution is 2.71. The number of alkyl halides is 2. The maximum absolute atomic E-state index is 12.6. The Balaban J connectivity index is 1.46. The average molecular weight is 645 g/mol. The van der Waals surface area contributed by atoms with Crippen LogP contribution in [-0.2, 0) is 9.53 Å². The highest BCUT2D eigenvalue weighted by atomic mass is 79.9. The van der Waals surface area contributed by atoms with Crippen LogP contribution in [0.15, 0.2) is 0 Å². The van der Waals surface area contributed by atoms with Gasteiger partial charge in [0.1, 0.15) is 6.10 Å². The molecule has 0 N–H and O–H groups in total. The lowest BCUT2D eigenvalue weighted by Crippen LogP contribution is -2.64. The molecule has 0 bridgehead atoms. The van der Waals surface area contributed by atoms with Gasteiger partial charge in [0, 0.05) is 22.0 Å². The lowest BCUT2D eigenvalue weighted by molar-refractivity contribution is -0.159. The summed E-state index contributed by atoms with van der Waals surface area (Å²) in [7, 11) is 0. The van der Waals surface area contributed by atoms with Crippen LogP contribution in [0.2, 0.25) is 0 Å². The van der Waals surface area contributed by atoms with Gasteiger partial charge in [0.2, 0.25) is 0 Å². The van der Waals surface area contributed by atoms with Crippen molar-refractivity contribution in [3.05, 3.63) is 0 Å². The first kappa shape index (κ1) is 30.4. The van der Waals surface area contributed by atoms with E-state index in [1.807, 2.05) is 0 Å². The normalized spacial score (nSPS) is 45.0. The van der Waals surface area contributed by atoms with Crippen LogP contribution >= 0.6 is 31.9 Å². The number of hydrogen-bond donors (Lipinski definition) is 0. The van der Waals surface area contributed by atoms with Crippen molar-refractivity contribution in [2.24, 2.45) is 52.3 Å². The summed E-state index contributed by atoms with van der Waals surface area (Å²) >= 11 is 8.62. The second-order valence-corrected chi connectivity index (χ2v) is 17.5. The fraction of sp³-hybridized carbons (Fsp3) is 0.970. The minimum atomic E-state index is 0.00630. The Labute approximate surface area is 245 Å². The smallest absolute Gasteiger partial charge is 0.306 e. The number of rotatable bonds is 9. The van der Waals surface area contributed by atoms with Gasteiger partial charge in [0.15, 0.2) is 0 Å². The maximum Gasteiger partial charge on any atom is 0.306 e. The molecule has 0 radical (unpaired) electrons. The lowest BCUT2D eigenvalue weighted by atomic mass is 9.44. The molecule has 0 aromatic carbocycles. The SMILES string of the molecule is CC[C@H](C)CC(=O)O[C@@H]1CC[C@]2(C)[C@H]3CC[C@]4(C)[C@@H]([C@@H](C)CCCC(C)C)CC[C@H]4[C@@H]3C[C@@H](Br)[C@@]2(Br)C1. The van der Waals surface area contributed by atoms with Gasteiger partial charge in [-0.3, -0.25) is 4.79 Å². The molecule has 0 heterocycles. The van der Waals surface area contributed by atoms with Crippen molar-refractivity contribution >= 4 is 37.8 Å². The second kappa shape index (κ2) is 11.7. The maximum atomic E-state index is 12.6. The zero-order chi connectivity index (χ0) is 27.2. The van der Waals surface area contributed by atoms with Gasteiger partial charge in [-0.05, 0) is 97.2 Å². The number of carbonyl (C=O) groups is 1. The molecule has 4 aliphatic rings. The molecule has 4 fully saturated rings. The molecule has 37 heavy (non-hydrogen) atoms. The summed E-state index contributed by atoms with van der Waals surface area (Å²) < 4.78 is 6.10. The molecule has 0 saturated heterocycles. The topological polar surface area (TPSA) is 26.3 Å². The van der Waals surface area contributed by atoms with Crippen LogP contribution in [0.1, 0.15) is 132 Å². The summed E-state index contributed by atoms with van der Waals surface area (Å²) in [6, 6.07) is 0. The molecule has 0 amide bonds. The monoisotopic (exact) mass is 642 g/mol. The molecule has 0 spiro atoms. The third-order valence-corrected chi connectivity index (χ3v) is 16.0. The molecular weight excluding hydrogens is 588 g/mol. The Morgan fingerprint density at radius 3 is 2.41 bits per heavy atom. The molecule has 4 saturated carbocycles. The van der Waals surface area contributed by atoms with Gasteiger partial charge >= 0.3 is 5.97 Å². The van der Waals surface area contributed by atoms with Crippen molar-refractivity contribution in [1.82, 2.24) is 0 Å². The third-order valence-electron chi connectivity index (χ3n) is 12.4. The van der Waals surface area contributed by atoms with Crippen molar-refractivity contribution in [2.75, 3.05) is 0 Å². The number of carbonyl (C=O) groups excluding carboxylic acids is 1. The minimum Gasteiger partial charge on any atom is -0.462 e. The Morgan fingerprint density at radius 2 is 1.73 bits per heavy atom. The Hall–Kier alpha value is 0.430. The Kier molecular flexibility index (Phi) is 9.64. The third kappa shape index (κ3) is 5.65. The van der Waals surface area contributed by atoms with E-state index in [0.29, 0.717) is 22.6 Å². The summed E-state index contributed by atoms with van der Waals surface area (Å²) in [4.78, 5) is 13.1. The summed E-state index contributed by atoms with van der Waals surface area (Å²) in [6.45, 7) is 16.9. The van der Waals surface area contributed by atoms with E-state index in [9.17, 15) is 4.79 Å². The standard InChI is InChI=1S/C33H56Br2O2/c1-8-22(4)18-30(36)37-24-14-17-32(7)28-15-16-31(6)26(23(5)11-9-10-21(2)3)12-13-27(31)25(28)19-29(34)33(32,35)20-24/h21-29H,8-20H2,1-7H3/t22-,23-,24+,25-,26+,27-,28-,29+,31+,32+,33-/m0/s1. The van der Waals surface area contributed by atoms with Crippen LogP contribution in [0.5, 0.6) is 0 Å². The summed E-state index contributed by atoms with van der Waals surface area (Å²) in [5.41, 5.74) is 0.780. The molecule has 4 aliphatic carbocycles. The largest absolute Gasteiger partial charge is 0.462 e. The molecule has 0 aromatic rings. The quantitative estimate of drug-likeness (QED) is 0.184. The number of ether oxygens (including phenoxy) is 1. The first-order valence-corrected chi connectivity index (χ1v) is 17.6. The van der Waals surface area contributed by atoms with Gasteiger partial charge in [-0.15, -0.1) is 0 Å². The number of fused-ring (bicyclic) bond motifs is 5.